The Hall–Kier alpha value is -1.86. The van der Waals surface area contributed by atoms with Crippen LogP contribution in [0.25, 0.3) is 0 Å². The first kappa shape index (κ1) is 19.2. The van der Waals surface area contributed by atoms with Gasteiger partial charge in [0.15, 0.2) is 0 Å². The summed E-state index contributed by atoms with van der Waals surface area (Å²) in [6.45, 7) is 5.19. The Morgan fingerprint density at radius 3 is 2.52 bits per heavy atom. The number of benzene rings is 1. The van der Waals surface area contributed by atoms with Gasteiger partial charge in [-0.05, 0) is 30.0 Å². The highest BCUT2D eigenvalue weighted by molar-refractivity contribution is 6.35. The molecular weight excluding hydrogens is 343 g/mol. The molecule has 0 bridgehead atoms. The summed E-state index contributed by atoms with van der Waals surface area (Å²) >= 11 is 12.3. The van der Waals surface area contributed by atoms with Gasteiger partial charge in [0.1, 0.15) is 12.7 Å². The third-order valence-electron chi connectivity index (χ3n) is 3.03. The lowest BCUT2D eigenvalue weighted by Gasteiger charge is -2.20. The summed E-state index contributed by atoms with van der Waals surface area (Å²) < 4.78 is 1.85. The molecule has 1 aromatic heterocycles. The van der Waals surface area contributed by atoms with Crippen molar-refractivity contribution in [3.8, 4) is 0 Å². The molecule has 1 heterocycles. The monoisotopic (exact) mass is 360 g/mol. The minimum atomic E-state index is -1.50. The average Bonchev–Trinajstić information content (AvgIpc) is 2.89. The van der Waals surface area contributed by atoms with Crippen molar-refractivity contribution in [2.45, 2.75) is 32.7 Å². The molecule has 0 aliphatic carbocycles. The van der Waals surface area contributed by atoms with E-state index in [0.717, 1.165) is 23.6 Å². The molecule has 1 unspecified atom stereocenters. The van der Waals surface area contributed by atoms with Gasteiger partial charge in [0.2, 0.25) is 0 Å². The van der Waals surface area contributed by atoms with Crippen LogP contribution in [0.3, 0.4) is 0 Å². The smallest absolute Gasteiger partial charge is 0.291 e. The molecule has 0 amide bonds. The van der Waals surface area contributed by atoms with Crippen LogP contribution in [0.15, 0.2) is 30.9 Å². The summed E-state index contributed by atoms with van der Waals surface area (Å²) in [6.07, 6.45) is 4.33. The van der Waals surface area contributed by atoms with E-state index in [0.29, 0.717) is 16.9 Å². The molecular formula is C14H18Cl2N4O3. The molecule has 0 fully saturated rings. The van der Waals surface area contributed by atoms with Gasteiger partial charge in [0, 0.05) is 22.5 Å². The van der Waals surface area contributed by atoms with E-state index in [1.165, 1.54) is 0 Å². The summed E-state index contributed by atoms with van der Waals surface area (Å²) in [7, 11) is 0. The molecule has 2 aromatic rings. The molecule has 1 aromatic carbocycles. The molecule has 0 aliphatic rings. The van der Waals surface area contributed by atoms with Gasteiger partial charge >= 0.3 is 0 Å². The summed E-state index contributed by atoms with van der Waals surface area (Å²) in [5.41, 5.74) is 1.12. The van der Waals surface area contributed by atoms with Crippen LogP contribution in [0.4, 0.5) is 0 Å². The second-order valence-corrected chi connectivity index (χ2v) is 6.19. The van der Waals surface area contributed by atoms with E-state index in [-0.39, 0.29) is 0 Å². The van der Waals surface area contributed by atoms with Crippen LogP contribution in [-0.2, 0) is 6.54 Å². The molecule has 0 radical (unpaired) electrons. The Bertz CT molecular complexity index is 616. The zero-order valence-corrected chi connectivity index (χ0v) is 14.3. The first-order valence-corrected chi connectivity index (χ1v) is 7.65. The molecule has 0 saturated carbocycles. The van der Waals surface area contributed by atoms with Gasteiger partial charge in [0.25, 0.3) is 5.09 Å². The van der Waals surface area contributed by atoms with Crippen molar-refractivity contribution in [3.63, 3.8) is 0 Å². The number of aromatic nitrogens is 3. The van der Waals surface area contributed by atoms with E-state index >= 15 is 0 Å². The molecule has 0 saturated heterocycles. The van der Waals surface area contributed by atoms with Crippen molar-refractivity contribution in [2.75, 3.05) is 0 Å². The van der Waals surface area contributed by atoms with Crippen LogP contribution in [0.1, 0.15) is 31.7 Å². The molecule has 0 aliphatic heterocycles. The van der Waals surface area contributed by atoms with E-state index in [2.05, 4.69) is 23.9 Å². The number of hydrogen-bond donors (Lipinski definition) is 1. The molecule has 9 heteroatoms. The van der Waals surface area contributed by atoms with Crippen molar-refractivity contribution < 1.29 is 10.3 Å². The first-order valence-electron chi connectivity index (χ1n) is 6.90. The quantitative estimate of drug-likeness (QED) is 0.640. The largest absolute Gasteiger partial charge is 0.328 e. The molecule has 2 rings (SSSR count). The lowest BCUT2D eigenvalue weighted by Crippen LogP contribution is -2.12. The molecule has 1 N–H and O–H groups in total. The van der Waals surface area contributed by atoms with Crippen molar-refractivity contribution in [2.24, 2.45) is 5.92 Å². The Balaban J connectivity index is 0.000000593. The van der Waals surface area contributed by atoms with E-state index in [1.54, 1.807) is 18.7 Å². The van der Waals surface area contributed by atoms with Gasteiger partial charge in [-0.2, -0.15) is 5.10 Å². The molecule has 0 spiro atoms. The molecule has 126 valence electrons. The van der Waals surface area contributed by atoms with Crippen molar-refractivity contribution >= 4 is 23.2 Å². The Morgan fingerprint density at radius 1 is 1.39 bits per heavy atom. The zero-order valence-electron chi connectivity index (χ0n) is 12.8. The fraction of sp³-hybridized carbons (Fsp3) is 0.429. The predicted molar refractivity (Wildman–Crippen MR) is 87.5 cm³/mol. The van der Waals surface area contributed by atoms with Gasteiger partial charge in [0.05, 0.1) is 0 Å². The van der Waals surface area contributed by atoms with E-state index in [9.17, 15) is 0 Å². The maximum atomic E-state index is 8.36. The third-order valence-corrected chi connectivity index (χ3v) is 3.59. The van der Waals surface area contributed by atoms with Crippen molar-refractivity contribution in [1.82, 2.24) is 14.8 Å². The fourth-order valence-electron chi connectivity index (χ4n) is 2.25. The fourth-order valence-corrected chi connectivity index (χ4v) is 2.82. The SMILES string of the molecule is CC(C)CC(Cn1cncn1)c1ccc(Cl)cc1Cl.O=[N+]([O-])O. The lowest BCUT2D eigenvalue weighted by atomic mass is 9.90. The Morgan fingerprint density at radius 2 is 2.04 bits per heavy atom. The van der Waals surface area contributed by atoms with Gasteiger partial charge in [-0.15, -0.1) is 10.1 Å². The van der Waals surface area contributed by atoms with Gasteiger partial charge in [-0.25, -0.2) is 4.98 Å². The number of halogens is 2. The molecule has 7 nitrogen and oxygen atoms in total. The van der Waals surface area contributed by atoms with Crippen LogP contribution < -0.4 is 0 Å². The number of hydrogen-bond acceptors (Lipinski definition) is 4. The van der Waals surface area contributed by atoms with Crippen LogP contribution in [0, 0.1) is 16.0 Å². The van der Waals surface area contributed by atoms with Gasteiger partial charge in [-0.1, -0.05) is 43.1 Å². The topological polar surface area (TPSA) is 94.1 Å². The Kier molecular flexibility index (Phi) is 7.77. The van der Waals surface area contributed by atoms with Gasteiger partial charge in [-0.3, -0.25) is 4.68 Å². The highest BCUT2D eigenvalue weighted by Gasteiger charge is 2.17. The minimum Gasteiger partial charge on any atom is -0.328 e. The predicted octanol–water partition coefficient (Wildman–Crippen LogP) is 4.07. The van der Waals surface area contributed by atoms with Crippen LogP contribution >= 0.6 is 23.2 Å². The second kappa shape index (κ2) is 9.32. The lowest BCUT2D eigenvalue weighted by molar-refractivity contribution is -0.742. The molecule has 23 heavy (non-hydrogen) atoms. The summed E-state index contributed by atoms with van der Waals surface area (Å²) in [5, 5.41) is 19.2. The standard InChI is InChI=1S/C14H17Cl2N3.HNO3/c1-10(2)5-11(7-19-9-17-8-18-19)13-4-3-12(15)6-14(13)16;2-1(3)4/h3-4,6,8-11H,5,7H2,1-2H3;(H,2,3,4). The van der Waals surface area contributed by atoms with E-state index < -0.39 is 5.09 Å². The summed E-state index contributed by atoms with van der Waals surface area (Å²) in [5.74, 6) is 0.895. The minimum absolute atomic E-state index is 0.312. The van der Waals surface area contributed by atoms with Crippen LogP contribution in [0.2, 0.25) is 10.0 Å². The van der Waals surface area contributed by atoms with E-state index in [1.807, 2.05) is 16.8 Å². The normalized spacial score (nSPS) is 11.7. The zero-order chi connectivity index (χ0) is 17.4. The van der Waals surface area contributed by atoms with Crippen LogP contribution in [0.5, 0.6) is 0 Å². The molecule has 1 atom stereocenters. The van der Waals surface area contributed by atoms with Crippen LogP contribution in [-0.4, -0.2) is 25.1 Å². The maximum absolute atomic E-state index is 8.36. The summed E-state index contributed by atoms with van der Waals surface area (Å²) in [6, 6.07) is 5.69. The van der Waals surface area contributed by atoms with Gasteiger partial charge < -0.3 is 5.21 Å². The van der Waals surface area contributed by atoms with Crippen molar-refractivity contribution in [3.05, 3.63) is 56.6 Å². The highest BCUT2D eigenvalue weighted by atomic mass is 35.5. The van der Waals surface area contributed by atoms with Crippen molar-refractivity contribution in [1.29, 1.82) is 0 Å². The Labute approximate surface area is 144 Å². The average molecular weight is 361 g/mol. The first-order chi connectivity index (χ1) is 10.8. The highest BCUT2D eigenvalue weighted by Crippen LogP contribution is 2.32. The maximum Gasteiger partial charge on any atom is 0.291 e. The number of rotatable bonds is 5. The number of nitrogens with zero attached hydrogens (tertiary/aromatic N) is 4. The third kappa shape index (κ3) is 7.30. The summed E-state index contributed by atoms with van der Waals surface area (Å²) in [4.78, 5) is 12.3. The van der Waals surface area contributed by atoms with E-state index in [4.69, 9.17) is 38.5 Å². The second-order valence-electron chi connectivity index (χ2n) is 5.35.